The molecule has 0 amide bonds. The maximum atomic E-state index is 11.8. The van der Waals surface area contributed by atoms with E-state index < -0.39 is 10.9 Å². The number of hydrogen-bond acceptors (Lipinski definition) is 6. The molecule has 22 heavy (non-hydrogen) atoms. The number of methoxy groups -OCH3 is 1. The van der Waals surface area contributed by atoms with Crippen LogP contribution in [0.3, 0.4) is 0 Å². The number of nitro benzene ring substituents is 1. The third-order valence-corrected chi connectivity index (χ3v) is 3.00. The van der Waals surface area contributed by atoms with Gasteiger partial charge < -0.3 is 10.2 Å². The standard InChI is InChI=1S/C15H15N3O4/c1-22-15(19)14-11(6-5-9-13(14)18(20)21)10-16-17-12-7-3-2-4-8-12/h2-9,16-17H,10H2,1H3. The lowest BCUT2D eigenvalue weighted by molar-refractivity contribution is -0.385. The minimum atomic E-state index is -0.733. The molecule has 114 valence electrons. The Hall–Kier alpha value is -2.93. The highest BCUT2D eigenvalue weighted by Gasteiger charge is 2.24. The van der Waals surface area contributed by atoms with Crippen molar-refractivity contribution in [3.8, 4) is 0 Å². The zero-order valence-corrected chi connectivity index (χ0v) is 11.9. The molecule has 0 bridgehead atoms. The maximum Gasteiger partial charge on any atom is 0.345 e. The van der Waals surface area contributed by atoms with Crippen molar-refractivity contribution in [1.82, 2.24) is 5.43 Å². The van der Waals surface area contributed by atoms with Gasteiger partial charge in [-0.15, -0.1) is 0 Å². The second-order valence-electron chi connectivity index (χ2n) is 4.40. The van der Waals surface area contributed by atoms with E-state index in [0.29, 0.717) is 5.56 Å². The first-order valence-electron chi connectivity index (χ1n) is 6.52. The Bertz CT molecular complexity index is 674. The average Bonchev–Trinajstić information content (AvgIpc) is 2.54. The number of para-hydroxylation sites is 1. The number of nitrogens with one attached hydrogen (secondary N) is 2. The number of carbonyl (C=O) groups excluding carboxylic acids is 1. The fourth-order valence-corrected chi connectivity index (χ4v) is 1.99. The van der Waals surface area contributed by atoms with E-state index in [-0.39, 0.29) is 17.8 Å². The molecular formula is C15H15N3O4. The second kappa shape index (κ2) is 7.19. The lowest BCUT2D eigenvalue weighted by Crippen LogP contribution is -2.23. The van der Waals surface area contributed by atoms with Gasteiger partial charge in [-0.1, -0.05) is 30.3 Å². The number of nitro groups is 1. The Balaban J connectivity index is 2.18. The highest BCUT2D eigenvalue weighted by molar-refractivity contribution is 5.95. The average molecular weight is 301 g/mol. The number of nitrogens with zero attached hydrogens (tertiary/aromatic N) is 1. The highest BCUT2D eigenvalue weighted by Crippen LogP contribution is 2.23. The summed E-state index contributed by atoms with van der Waals surface area (Å²) in [5.74, 6) is -0.733. The molecule has 0 aliphatic heterocycles. The molecule has 0 atom stereocenters. The SMILES string of the molecule is COC(=O)c1c(CNNc2ccccc2)cccc1[N+](=O)[O-]. The van der Waals surface area contributed by atoms with Crippen LogP contribution in [-0.2, 0) is 11.3 Å². The third kappa shape index (κ3) is 3.58. The topological polar surface area (TPSA) is 93.5 Å². The highest BCUT2D eigenvalue weighted by atomic mass is 16.6. The number of hydrazine groups is 1. The molecule has 0 aliphatic rings. The van der Waals surface area contributed by atoms with Gasteiger partial charge in [0, 0.05) is 18.3 Å². The molecule has 0 radical (unpaired) electrons. The molecule has 2 N–H and O–H groups in total. The molecule has 2 aromatic carbocycles. The van der Waals surface area contributed by atoms with E-state index >= 15 is 0 Å². The van der Waals surface area contributed by atoms with Crippen LogP contribution in [0.5, 0.6) is 0 Å². The predicted molar refractivity (Wildman–Crippen MR) is 81.3 cm³/mol. The van der Waals surface area contributed by atoms with Crippen molar-refractivity contribution >= 4 is 17.3 Å². The number of carbonyl (C=O) groups is 1. The van der Waals surface area contributed by atoms with Gasteiger partial charge in [0.25, 0.3) is 5.69 Å². The quantitative estimate of drug-likeness (QED) is 0.484. The van der Waals surface area contributed by atoms with Gasteiger partial charge in [0.05, 0.1) is 12.0 Å². The van der Waals surface area contributed by atoms with Crippen LogP contribution in [0, 0.1) is 10.1 Å². The van der Waals surface area contributed by atoms with Crippen LogP contribution in [0.25, 0.3) is 0 Å². The van der Waals surface area contributed by atoms with Crippen molar-refractivity contribution in [3.05, 3.63) is 69.8 Å². The molecule has 0 saturated heterocycles. The molecule has 2 aromatic rings. The molecule has 0 spiro atoms. The fraction of sp³-hybridized carbons (Fsp3) is 0.133. The lowest BCUT2D eigenvalue weighted by Gasteiger charge is -2.11. The molecule has 7 nitrogen and oxygen atoms in total. The van der Waals surface area contributed by atoms with E-state index in [4.69, 9.17) is 0 Å². The number of hydrogen-bond donors (Lipinski definition) is 2. The van der Waals surface area contributed by atoms with Crippen LogP contribution in [-0.4, -0.2) is 18.0 Å². The van der Waals surface area contributed by atoms with E-state index in [0.717, 1.165) is 5.69 Å². The van der Waals surface area contributed by atoms with Crippen molar-refractivity contribution in [2.24, 2.45) is 0 Å². The third-order valence-electron chi connectivity index (χ3n) is 3.00. The van der Waals surface area contributed by atoms with Crippen LogP contribution < -0.4 is 10.9 Å². The van der Waals surface area contributed by atoms with E-state index in [2.05, 4.69) is 15.6 Å². The number of benzene rings is 2. The summed E-state index contributed by atoms with van der Waals surface area (Å²) in [6, 6.07) is 13.8. The summed E-state index contributed by atoms with van der Waals surface area (Å²) in [5.41, 5.74) is 6.88. The zero-order chi connectivity index (χ0) is 15.9. The largest absolute Gasteiger partial charge is 0.465 e. The van der Waals surface area contributed by atoms with Gasteiger partial charge >= 0.3 is 5.97 Å². The van der Waals surface area contributed by atoms with Crippen LogP contribution in [0.15, 0.2) is 48.5 Å². The minimum absolute atomic E-state index is 0.0441. The molecule has 0 heterocycles. The smallest absolute Gasteiger partial charge is 0.345 e. The van der Waals surface area contributed by atoms with Crippen molar-refractivity contribution in [3.63, 3.8) is 0 Å². The molecule has 0 aliphatic carbocycles. The van der Waals surface area contributed by atoms with Gasteiger partial charge in [-0.25, -0.2) is 10.2 Å². The van der Waals surface area contributed by atoms with Gasteiger partial charge in [-0.05, 0) is 17.7 Å². The zero-order valence-electron chi connectivity index (χ0n) is 11.9. The number of esters is 1. The number of rotatable bonds is 6. The predicted octanol–water partition coefficient (Wildman–Crippen LogP) is 2.50. The van der Waals surface area contributed by atoms with Crippen molar-refractivity contribution in [1.29, 1.82) is 0 Å². The fourth-order valence-electron chi connectivity index (χ4n) is 1.99. The molecule has 0 fully saturated rings. The first-order valence-corrected chi connectivity index (χ1v) is 6.52. The Morgan fingerprint density at radius 2 is 1.91 bits per heavy atom. The van der Waals surface area contributed by atoms with Gasteiger partial charge in [-0.3, -0.25) is 10.1 Å². The molecule has 0 aromatic heterocycles. The number of ether oxygens (including phenoxy) is 1. The molecule has 0 unspecified atom stereocenters. The first-order chi connectivity index (χ1) is 10.6. The van der Waals surface area contributed by atoms with Crippen molar-refractivity contribution in [2.45, 2.75) is 6.54 Å². The molecule has 0 saturated carbocycles. The minimum Gasteiger partial charge on any atom is -0.465 e. The summed E-state index contributed by atoms with van der Waals surface area (Å²) >= 11 is 0. The summed E-state index contributed by atoms with van der Waals surface area (Å²) in [6.07, 6.45) is 0. The Morgan fingerprint density at radius 1 is 1.18 bits per heavy atom. The summed E-state index contributed by atoms with van der Waals surface area (Å²) in [4.78, 5) is 22.3. The lowest BCUT2D eigenvalue weighted by atomic mass is 10.1. The second-order valence-corrected chi connectivity index (χ2v) is 4.40. The van der Waals surface area contributed by atoms with Gasteiger partial charge in [-0.2, -0.15) is 0 Å². The van der Waals surface area contributed by atoms with Gasteiger partial charge in [0.1, 0.15) is 5.56 Å². The summed E-state index contributed by atoms with van der Waals surface area (Å²) in [6.45, 7) is 0.223. The Kier molecular flexibility index (Phi) is 5.05. The molecule has 7 heteroatoms. The Labute approximate surface area is 127 Å². The van der Waals surface area contributed by atoms with Crippen LogP contribution in [0.4, 0.5) is 11.4 Å². The summed E-state index contributed by atoms with van der Waals surface area (Å²) in [5, 5.41) is 11.1. The molecule has 2 rings (SSSR count). The van der Waals surface area contributed by atoms with E-state index in [1.54, 1.807) is 6.07 Å². The van der Waals surface area contributed by atoms with Gasteiger partial charge in [0.2, 0.25) is 0 Å². The molecular weight excluding hydrogens is 286 g/mol. The van der Waals surface area contributed by atoms with Crippen LogP contribution in [0.2, 0.25) is 0 Å². The van der Waals surface area contributed by atoms with Crippen molar-refractivity contribution < 1.29 is 14.5 Å². The van der Waals surface area contributed by atoms with E-state index in [1.165, 1.54) is 19.2 Å². The van der Waals surface area contributed by atoms with E-state index in [9.17, 15) is 14.9 Å². The normalized spacial score (nSPS) is 10.0. The monoisotopic (exact) mass is 301 g/mol. The first kappa shape index (κ1) is 15.5. The Morgan fingerprint density at radius 3 is 2.55 bits per heavy atom. The summed E-state index contributed by atoms with van der Waals surface area (Å²) in [7, 11) is 1.19. The van der Waals surface area contributed by atoms with Crippen molar-refractivity contribution in [2.75, 3.05) is 12.5 Å². The van der Waals surface area contributed by atoms with Crippen LogP contribution in [0.1, 0.15) is 15.9 Å². The van der Waals surface area contributed by atoms with Crippen LogP contribution >= 0.6 is 0 Å². The summed E-state index contributed by atoms with van der Waals surface area (Å²) < 4.78 is 4.64. The number of anilines is 1. The maximum absolute atomic E-state index is 11.8. The van der Waals surface area contributed by atoms with Gasteiger partial charge in [0.15, 0.2) is 0 Å². The van der Waals surface area contributed by atoms with E-state index in [1.807, 2.05) is 30.3 Å².